The lowest BCUT2D eigenvalue weighted by molar-refractivity contribution is -0.119. The van der Waals surface area contributed by atoms with Crippen molar-refractivity contribution in [1.29, 1.82) is 0 Å². The minimum Gasteiger partial charge on any atom is -0.369 e. The van der Waals surface area contributed by atoms with E-state index in [4.69, 9.17) is 11.5 Å². The van der Waals surface area contributed by atoms with Crippen molar-refractivity contribution in [1.82, 2.24) is 14.8 Å². The standard InChI is InChI=1S/C23H29N9O2/c1-2-20(30-23(25)32-12-10-31(11-13-32)15-19(24)33)27-16-28-21-14-17(8-9-26-21)22(34)29-18-6-4-3-5-7-18/h3-9,14,16H,2,10-13,15H2,1H3,(H2,24,33)(H,29,34)(H2,25,26,27,28,30). The van der Waals surface area contributed by atoms with Crippen LogP contribution in [0, 0.1) is 0 Å². The Bertz CT molecular complexity index is 1070. The topological polar surface area (TPSA) is 155 Å². The number of anilines is 1. The van der Waals surface area contributed by atoms with Crippen LogP contribution in [0.3, 0.4) is 0 Å². The van der Waals surface area contributed by atoms with E-state index in [1.165, 1.54) is 12.5 Å². The molecule has 0 bridgehead atoms. The number of amides is 2. The van der Waals surface area contributed by atoms with Crippen LogP contribution in [-0.4, -0.2) is 77.5 Å². The number of nitrogens with one attached hydrogen (secondary N) is 1. The Labute approximate surface area is 198 Å². The molecule has 1 aromatic heterocycles. The second-order valence-electron chi connectivity index (χ2n) is 7.57. The predicted octanol–water partition coefficient (Wildman–Crippen LogP) is 1.22. The van der Waals surface area contributed by atoms with E-state index in [0.29, 0.717) is 61.5 Å². The summed E-state index contributed by atoms with van der Waals surface area (Å²) >= 11 is 0. The van der Waals surface area contributed by atoms with Gasteiger partial charge in [-0.05, 0) is 24.3 Å². The summed E-state index contributed by atoms with van der Waals surface area (Å²) in [5.74, 6) is 0.634. The van der Waals surface area contributed by atoms with Gasteiger partial charge in [-0.2, -0.15) is 4.99 Å². The number of guanidine groups is 1. The second-order valence-corrected chi connectivity index (χ2v) is 7.57. The van der Waals surface area contributed by atoms with Crippen LogP contribution < -0.4 is 16.8 Å². The zero-order chi connectivity index (χ0) is 24.3. The van der Waals surface area contributed by atoms with Crippen molar-refractivity contribution in [2.24, 2.45) is 26.4 Å². The molecular formula is C23H29N9O2. The van der Waals surface area contributed by atoms with Crippen molar-refractivity contribution in [2.45, 2.75) is 13.3 Å². The molecule has 1 saturated heterocycles. The molecule has 0 spiro atoms. The number of amidine groups is 1. The third kappa shape index (κ3) is 7.48. The summed E-state index contributed by atoms with van der Waals surface area (Å²) in [6, 6.07) is 12.4. The molecule has 0 aliphatic carbocycles. The van der Waals surface area contributed by atoms with Crippen LogP contribution in [0.2, 0.25) is 0 Å². The number of aromatic nitrogens is 1. The van der Waals surface area contributed by atoms with Gasteiger partial charge in [0.2, 0.25) is 5.91 Å². The molecule has 1 aliphatic rings. The van der Waals surface area contributed by atoms with E-state index in [2.05, 4.69) is 25.3 Å². The average Bonchev–Trinajstić information content (AvgIpc) is 2.84. The number of carbonyl (C=O) groups is 2. The molecule has 11 heteroatoms. The smallest absolute Gasteiger partial charge is 0.255 e. The van der Waals surface area contributed by atoms with E-state index in [1.807, 2.05) is 47.1 Å². The van der Waals surface area contributed by atoms with Crippen LogP contribution >= 0.6 is 0 Å². The number of para-hydroxylation sites is 1. The molecule has 11 nitrogen and oxygen atoms in total. The maximum Gasteiger partial charge on any atom is 0.255 e. The lowest BCUT2D eigenvalue weighted by Gasteiger charge is -2.34. The number of hydrogen-bond acceptors (Lipinski definition) is 5. The summed E-state index contributed by atoms with van der Waals surface area (Å²) in [5.41, 5.74) is 12.5. The third-order valence-electron chi connectivity index (χ3n) is 5.07. The van der Waals surface area contributed by atoms with Gasteiger partial charge < -0.3 is 21.7 Å². The molecule has 2 amide bonds. The van der Waals surface area contributed by atoms with Crippen LogP contribution in [-0.2, 0) is 4.79 Å². The number of benzene rings is 1. The Kier molecular flexibility index (Phi) is 8.81. The maximum atomic E-state index is 12.5. The first-order valence-corrected chi connectivity index (χ1v) is 11.0. The first kappa shape index (κ1) is 24.5. The number of primary amides is 1. The molecule has 2 heterocycles. The van der Waals surface area contributed by atoms with Gasteiger partial charge in [-0.3, -0.25) is 14.5 Å². The Morgan fingerprint density at radius 2 is 1.85 bits per heavy atom. The lowest BCUT2D eigenvalue weighted by atomic mass is 10.2. The van der Waals surface area contributed by atoms with Crippen molar-refractivity contribution in [3.63, 3.8) is 0 Å². The normalized spacial score (nSPS) is 15.5. The van der Waals surface area contributed by atoms with Crippen LogP contribution in [0.25, 0.3) is 0 Å². The molecule has 1 fully saturated rings. The number of nitrogens with two attached hydrogens (primary N) is 2. The largest absolute Gasteiger partial charge is 0.369 e. The highest BCUT2D eigenvalue weighted by Gasteiger charge is 2.19. The number of piperazine rings is 1. The fourth-order valence-corrected chi connectivity index (χ4v) is 3.27. The Morgan fingerprint density at radius 1 is 1.12 bits per heavy atom. The highest BCUT2D eigenvalue weighted by Crippen LogP contribution is 2.13. The molecule has 178 valence electrons. The van der Waals surface area contributed by atoms with Crippen LogP contribution in [0.4, 0.5) is 11.5 Å². The first-order valence-electron chi connectivity index (χ1n) is 11.0. The van der Waals surface area contributed by atoms with Gasteiger partial charge in [-0.1, -0.05) is 25.1 Å². The summed E-state index contributed by atoms with van der Waals surface area (Å²) in [5, 5.41) is 2.83. The van der Waals surface area contributed by atoms with Gasteiger partial charge in [-0.15, -0.1) is 0 Å². The van der Waals surface area contributed by atoms with E-state index in [0.717, 1.165) is 0 Å². The minimum absolute atomic E-state index is 0.242. The molecule has 1 aromatic carbocycles. The van der Waals surface area contributed by atoms with Crippen LogP contribution in [0.5, 0.6) is 0 Å². The second kappa shape index (κ2) is 12.2. The fraction of sp³-hybridized carbons (Fsp3) is 0.304. The number of nitrogens with zero attached hydrogens (tertiary/aromatic N) is 6. The van der Waals surface area contributed by atoms with Crippen molar-refractivity contribution in [3.05, 3.63) is 54.2 Å². The average molecular weight is 464 g/mol. The van der Waals surface area contributed by atoms with Crippen molar-refractivity contribution >= 4 is 41.5 Å². The Morgan fingerprint density at radius 3 is 2.53 bits per heavy atom. The Balaban J connectivity index is 1.60. The third-order valence-corrected chi connectivity index (χ3v) is 5.07. The highest BCUT2D eigenvalue weighted by atomic mass is 16.2. The zero-order valence-corrected chi connectivity index (χ0v) is 19.1. The minimum atomic E-state index is -0.341. The quantitative estimate of drug-likeness (QED) is 0.414. The van der Waals surface area contributed by atoms with Gasteiger partial charge in [0.25, 0.3) is 5.91 Å². The molecule has 5 N–H and O–H groups in total. The molecule has 0 unspecified atom stereocenters. The number of rotatable bonds is 7. The monoisotopic (exact) mass is 463 g/mol. The molecule has 0 radical (unpaired) electrons. The van der Waals surface area contributed by atoms with E-state index in [1.54, 1.807) is 12.1 Å². The van der Waals surface area contributed by atoms with E-state index in [-0.39, 0.29) is 18.4 Å². The van der Waals surface area contributed by atoms with Crippen LogP contribution in [0.1, 0.15) is 23.7 Å². The van der Waals surface area contributed by atoms with Gasteiger partial charge >= 0.3 is 0 Å². The van der Waals surface area contributed by atoms with Gasteiger partial charge in [0.1, 0.15) is 12.2 Å². The molecule has 3 rings (SSSR count). The number of hydrogen-bond donors (Lipinski definition) is 3. The van der Waals surface area contributed by atoms with Crippen molar-refractivity contribution in [3.8, 4) is 0 Å². The molecule has 34 heavy (non-hydrogen) atoms. The molecule has 0 atom stereocenters. The number of pyridine rings is 1. The SMILES string of the molecule is CCC(=NC=Nc1cc(C(=O)Nc2ccccc2)ccn1)N=C(N)N1CCN(CC(N)=O)CC1. The lowest BCUT2D eigenvalue weighted by Crippen LogP contribution is -2.52. The van der Waals surface area contributed by atoms with Gasteiger partial charge in [0.05, 0.1) is 6.54 Å². The summed E-state index contributed by atoms with van der Waals surface area (Å²) < 4.78 is 0. The highest BCUT2D eigenvalue weighted by molar-refractivity contribution is 6.04. The van der Waals surface area contributed by atoms with Crippen molar-refractivity contribution < 1.29 is 9.59 Å². The van der Waals surface area contributed by atoms with E-state index < -0.39 is 0 Å². The maximum absolute atomic E-state index is 12.5. The fourth-order valence-electron chi connectivity index (χ4n) is 3.27. The van der Waals surface area contributed by atoms with E-state index in [9.17, 15) is 9.59 Å². The van der Waals surface area contributed by atoms with Gasteiger partial charge in [-0.25, -0.2) is 15.0 Å². The predicted molar refractivity (Wildman–Crippen MR) is 133 cm³/mol. The van der Waals surface area contributed by atoms with Gasteiger partial charge in [0, 0.05) is 50.0 Å². The molecule has 2 aromatic rings. The Hall–Kier alpha value is -4.12. The number of carbonyl (C=O) groups excluding carboxylic acids is 2. The van der Waals surface area contributed by atoms with E-state index >= 15 is 0 Å². The van der Waals surface area contributed by atoms with Crippen molar-refractivity contribution in [2.75, 3.05) is 38.0 Å². The number of aliphatic imine (C=N–C) groups is 3. The van der Waals surface area contributed by atoms with Gasteiger partial charge in [0.15, 0.2) is 11.8 Å². The zero-order valence-electron chi connectivity index (χ0n) is 19.1. The molecule has 1 aliphatic heterocycles. The molecular weight excluding hydrogens is 434 g/mol. The summed E-state index contributed by atoms with van der Waals surface area (Å²) in [6.45, 7) is 4.82. The van der Waals surface area contributed by atoms with Crippen LogP contribution in [0.15, 0.2) is 63.6 Å². The first-order chi connectivity index (χ1) is 16.4. The molecule has 0 saturated carbocycles. The summed E-state index contributed by atoms with van der Waals surface area (Å²) in [4.78, 5) is 44.5. The summed E-state index contributed by atoms with van der Waals surface area (Å²) in [6.07, 6.45) is 3.42. The summed E-state index contributed by atoms with van der Waals surface area (Å²) in [7, 11) is 0.